The van der Waals surface area contributed by atoms with Gasteiger partial charge in [-0.2, -0.15) is 11.8 Å². The van der Waals surface area contributed by atoms with E-state index in [2.05, 4.69) is 0 Å². The molecule has 1 aliphatic rings. The first-order valence-electron chi connectivity index (χ1n) is 3.96. The van der Waals surface area contributed by atoms with Crippen LogP contribution in [0.15, 0.2) is 0 Å². The highest BCUT2D eigenvalue weighted by Crippen LogP contribution is 2.34. The van der Waals surface area contributed by atoms with E-state index < -0.39 is 0 Å². The molecule has 0 radical (unpaired) electrons. The Balaban J connectivity index is 1.88. The van der Waals surface area contributed by atoms with E-state index in [-0.39, 0.29) is 0 Å². The van der Waals surface area contributed by atoms with Crippen LogP contribution in [0.1, 0.15) is 32.6 Å². The molecule has 0 unspecified atom stereocenters. The van der Waals surface area contributed by atoms with E-state index in [1.54, 1.807) is 0 Å². The van der Waals surface area contributed by atoms with E-state index in [0.717, 1.165) is 17.4 Å². The monoisotopic (exact) mass is 158 g/mol. The fourth-order valence-corrected chi connectivity index (χ4v) is 1.90. The topological polar surface area (TPSA) is 17.1 Å². The van der Waals surface area contributed by atoms with Crippen LogP contribution in [0.3, 0.4) is 0 Å². The van der Waals surface area contributed by atoms with Crippen LogP contribution in [0, 0.1) is 0 Å². The zero-order chi connectivity index (χ0) is 7.40. The Bertz CT molecular complexity index is 118. The van der Waals surface area contributed by atoms with Crippen LogP contribution in [0.4, 0.5) is 0 Å². The van der Waals surface area contributed by atoms with Crippen molar-refractivity contribution in [2.75, 3.05) is 5.75 Å². The zero-order valence-electron chi connectivity index (χ0n) is 6.43. The highest BCUT2D eigenvalue weighted by molar-refractivity contribution is 8.00. The van der Waals surface area contributed by atoms with Crippen LogP contribution in [0.5, 0.6) is 0 Å². The molecule has 0 N–H and O–H groups in total. The van der Waals surface area contributed by atoms with Crippen molar-refractivity contribution in [3.8, 4) is 0 Å². The number of carbonyl (C=O) groups excluding carboxylic acids is 1. The smallest absolute Gasteiger partial charge is 0.133 e. The molecule has 0 atom stereocenters. The second kappa shape index (κ2) is 4.02. The third kappa shape index (κ3) is 3.25. The van der Waals surface area contributed by atoms with Gasteiger partial charge in [-0.05, 0) is 12.8 Å². The van der Waals surface area contributed by atoms with Crippen LogP contribution < -0.4 is 0 Å². The third-order valence-electron chi connectivity index (χ3n) is 1.65. The summed E-state index contributed by atoms with van der Waals surface area (Å²) in [5, 5.41) is 0.907. The number of carbonyl (C=O) groups is 1. The molecule has 0 amide bonds. The van der Waals surface area contributed by atoms with Crippen LogP contribution in [0.25, 0.3) is 0 Å². The lowest BCUT2D eigenvalue weighted by atomic mass is 10.2. The van der Waals surface area contributed by atoms with Gasteiger partial charge in [0, 0.05) is 23.8 Å². The first-order chi connectivity index (χ1) is 4.83. The van der Waals surface area contributed by atoms with E-state index in [0.29, 0.717) is 12.2 Å². The quantitative estimate of drug-likeness (QED) is 0.610. The van der Waals surface area contributed by atoms with Gasteiger partial charge in [0.25, 0.3) is 0 Å². The molecule has 0 aliphatic heterocycles. The van der Waals surface area contributed by atoms with Crippen molar-refractivity contribution < 1.29 is 4.79 Å². The van der Waals surface area contributed by atoms with Gasteiger partial charge in [0.2, 0.25) is 0 Å². The molecule has 0 aromatic carbocycles. The van der Waals surface area contributed by atoms with Crippen molar-refractivity contribution in [3.63, 3.8) is 0 Å². The normalized spacial score (nSPS) is 17.3. The average molecular weight is 158 g/mol. The van der Waals surface area contributed by atoms with Gasteiger partial charge in [-0.25, -0.2) is 0 Å². The Hall–Kier alpha value is 0.0200. The lowest BCUT2D eigenvalue weighted by molar-refractivity contribution is -0.118. The summed E-state index contributed by atoms with van der Waals surface area (Å²) in [5.41, 5.74) is 0. The SMILES string of the molecule is CCC(=O)CCSC1CC1. The van der Waals surface area contributed by atoms with Crippen molar-refractivity contribution in [2.45, 2.75) is 37.9 Å². The van der Waals surface area contributed by atoms with Gasteiger partial charge in [0.1, 0.15) is 5.78 Å². The Labute approximate surface area is 66.6 Å². The van der Waals surface area contributed by atoms with Gasteiger partial charge in [0.05, 0.1) is 0 Å². The predicted octanol–water partition coefficient (Wildman–Crippen LogP) is 2.25. The molecule has 0 aromatic rings. The Kier molecular flexibility index (Phi) is 3.26. The summed E-state index contributed by atoms with van der Waals surface area (Å²) in [7, 11) is 0. The van der Waals surface area contributed by atoms with Gasteiger partial charge in [0.15, 0.2) is 0 Å². The second-order valence-corrected chi connectivity index (χ2v) is 4.12. The van der Waals surface area contributed by atoms with Gasteiger partial charge < -0.3 is 0 Å². The number of Topliss-reactive ketones (excluding diaryl/α,β-unsaturated/α-hetero) is 1. The Morgan fingerprint density at radius 3 is 2.80 bits per heavy atom. The van der Waals surface area contributed by atoms with Gasteiger partial charge in [-0.15, -0.1) is 0 Å². The largest absolute Gasteiger partial charge is 0.300 e. The molecule has 2 heteroatoms. The van der Waals surface area contributed by atoms with Crippen molar-refractivity contribution in [1.29, 1.82) is 0 Å². The third-order valence-corrected chi connectivity index (χ3v) is 3.04. The minimum absolute atomic E-state index is 0.410. The van der Waals surface area contributed by atoms with E-state index in [1.165, 1.54) is 12.8 Å². The predicted molar refractivity (Wildman–Crippen MR) is 45.4 cm³/mol. The maximum Gasteiger partial charge on any atom is 0.133 e. The lowest BCUT2D eigenvalue weighted by Gasteiger charge is -1.95. The second-order valence-electron chi connectivity index (χ2n) is 2.71. The minimum Gasteiger partial charge on any atom is -0.300 e. The number of rotatable bonds is 5. The number of hydrogen-bond donors (Lipinski definition) is 0. The van der Waals surface area contributed by atoms with Crippen LogP contribution in [-0.2, 0) is 4.79 Å². The first-order valence-corrected chi connectivity index (χ1v) is 5.01. The summed E-state index contributed by atoms with van der Waals surface area (Å²) in [6.45, 7) is 1.93. The summed E-state index contributed by atoms with van der Waals surface area (Å²) in [6.07, 6.45) is 4.26. The van der Waals surface area contributed by atoms with Crippen molar-refractivity contribution >= 4 is 17.5 Å². The molecule has 10 heavy (non-hydrogen) atoms. The van der Waals surface area contributed by atoms with Crippen molar-refractivity contribution in [1.82, 2.24) is 0 Å². The Morgan fingerprint density at radius 1 is 1.60 bits per heavy atom. The van der Waals surface area contributed by atoms with Crippen molar-refractivity contribution in [2.24, 2.45) is 0 Å². The maximum absolute atomic E-state index is 10.8. The molecule has 1 rings (SSSR count). The van der Waals surface area contributed by atoms with E-state index in [9.17, 15) is 4.79 Å². The molecule has 58 valence electrons. The highest BCUT2D eigenvalue weighted by Gasteiger charge is 2.21. The van der Waals surface area contributed by atoms with Gasteiger partial charge in [-0.3, -0.25) is 4.79 Å². The molecule has 1 aliphatic carbocycles. The summed E-state index contributed by atoms with van der Waals surface area (Å²) < 4.78 is 0. The van der Waals surface area contributed by atoms with E-state index in [1.807, 2.05) is 18.7 Å². The fourth-order valence-electron chi connectivity index (χ4n) is 0.751. The molecular formula is C8H14OS. The molecule has 0 spiro atoms. The highest BCUT2D eigenvalue weighted by atomic mass is 32.2. The molecule has 0 bridgehead atoms. The average Bonchev–Trinajstić information content (AvgIpc) is 2.71. The molecular weight excluding hydrogens is 144 g/mol. The van der Waals surface area contributed by atoms with Crippen LogP contribution in [-0.4, -0.2) is 16.8 Å². The summed E-state index contributed by atoms with van der Waals surface area (Å²) in [4.78, 5) is 10.8. The summed E-state index contributed by atoms with van der Waals surface area (Å²) >= 11 is 1.97. The molecule has 0 heterocycles. The van der Waals surface area contributed by atoms with E-state index >= 15 is 0 Å². The van der Waals surface area contributed by atoms with Gasteiger partial charge >= 0.3 is 0 Å². The standard InChI is InChI=1S/C8H14OS/c1-2-7(9)5-6-10-8-3-4-8/h8H,2-6H2,1H3. The van der Waals surface area contributed by atoms with Crippen molar-refractivity contribution in [3.05, 3.63) is 0 Å². The van der Waals surface area contributed by atoms with Crippen LogP contribution in [0.2, 0.25) is 0 Å². The lowest BCUT2D eigenvalue weighted by Crippen LogP contribution is -1.96. The van der Waals surface area contributed by atoms with Gasteiger partial charge in [-0.1, -0.05) is 6.92 Å². The summed E-state index contributed by atoms with van der Waals surface area (Å²) in [5.74, 6) is 1.46. The number of thioether (sulfide) groups is 1. The fraction of sp³-hybridized carbons (Fsp3) is 0.875. The van der Waals surface area contributed by atoms with E-state index in [4.69, 9.17) is 0 Å². The molecule has 0 aromatic heterocycles. The zero-order valence-corrected chi connectivity index (χ0v) is 7.25. The molecule has 0 saturated heterocycles. The molecule has 1 fully saturated rings. The summed E-state index contributed by atoms with van der Waals surface area (Å²) in [6, 6.07) is 0. The number of hydrogen-bond acceptors (Lipinski definition) is 2. The molecule has 1 saturated carbocycles. The molecule has 1 nitrogen and oxygen atoms in total. The minimum atomic E-state index is 0.410. The first kappa shape index (κ1) is 8.12. The Morgan fingerprint density at radius 2 is 2.30 bits per heavy atom. The number of ketones is 1. The van der Waals surface area contributed by atoms with Crippen LogP contribution >= 0.6 is 11.8 Å². The maximum atomic E-state index is 10.8.